The number of anilines is 5. The highest BCUT2D eigenvalue weighted by atomic mass is 35.5. The maximum absolute atomic E-state index is 13.8. The number of benzene rings is 2. The first-order chi connectivity index (χ1) is 11.5. The number of halogens is 3. The Hall–Kier alpha value is -2.57. The van der Waals surface area contributed by atoms with E-state index in [9.17, 15) is 4.39 Å². The Morgan fingerprint density at radius 2 is 1.58 bits per heavy atom. The predicted molar refractivity (Wildman–Crippen MR) is 95.9 cm³/mol. The molecule has 2 aromatic carbocycles. The molecule has 1 aromatic heterocycles. The molecule has 8 heteroatoms. The van der Waals surface area contributed by atoms with E-state index in [4.69, 9.17) is 28.9 Å². The topological polar surface area (TPSA) is 75.9 Å². The lowest BCUT2D eigenvalue weighted by Crippen LogP contribution is -2.06. The van der Waals surface area contributed by atoms with Crippen LogP contribution in [0, 0.1) is 5.82 Å². The van der Waals surface area contributed by atoms with Crippen molar-refractivity contribution in [3.8, 4) is 0 Å². The van der Waals surface area contributed by atoms with Crippen LogP contribution in [0.3, 0.4) is 0 Å². The molecule has 0 saturated carbocycles. The fourth-order valence-electron chi connectivity index (χ4n) is 2.00. The summed E-state index contributed by atoms with van der Waals surface area (Å²) in [7, 11) is 0. The normalized spacial score (nSPS) is 10.5. The Balaban J connectivity index is 1.89. The van der Waals surface area contributed by atoms with Gasteiger partial charge < -0.3 is 16.4 Å². The van der Waals surface area contributed by atoms with Crippen LogP contribution in [0.4, 0.5) is 33.1 Å². The molecule has 0 bridgehead atoms. The fraction of sp³-hybridized carbons (Fsp3) is 0. The molecule has 0 amide bonds. The minimum absolute atomic E-state index is 0.228. The van der Waals surface area contributed by atoms with E-state index >= 15 is 0 Å². The number of nitrogens with zero attached hydrogens (tertiary/aromatic N) is 2. The molecule has 3 aromatic rings. The van der Waals surface area contributed by atoms with Crippen molar-refractivity contribution < 1.29 is 4.39 Å². The molecule has 5 nitrogen and oxygen atoms in total. The summed E-state index contributed by atoms with van der Waals surface area (Å²) in [4.78, 5) is 8.13. The SMILES string of the molecule is Nc1c(Nc2ccccc2F)ncnc1Nc1ccc(Cl)cc1Cl. The molecule has 4 N–H and O–H groups in total. The Bertz CT molecular complexity index is 888. The monoisotopic (exact) mass is 363 g/mol. The molecule has 122 valence electrons. The number of nitrogens with one attached hydrogen (secondary N) is 2. The molecule has 0 unspecified atom stereocenters. The van der Waals surface area contributed by atoms with E-state index in [0.29, 0.717) is 21.6 Å². The molecule has 0 spiro atoms. The third-order valence-corrected chi connectivity index (χ3v) is 3.74. The molecule has 0 radical (unpaired) electrons. The minimum atomic E-state index is -0.411. The van der Waals surface area contributed by atoms with Crippen molar-refractivity contribution in [2.24, 2.45) is 0 Å². The van der Waals surface area contributed by atoms with Crippen molar-refractivity contribution in [2.75, 3.05) is 16.4 Å². The molecule has 0 aliphatic heterocycles. The van der Waals surface area contributed by atoms with Gasteiger partial charge in [-0.25, -0.2) is 14.4 Å². The van der Waals surface area contributed by atoms with E-state index in [1.807, 2.05) is 0 Å². The Kier molecular flexibility index (Phi) is 4.69. The molecule has 1 heterocycles. The highest BCUT2D eigenvalue weighted by Gasteiger charge is 2.11. The molecular weight excluding hydrogens is 352 g/mol. The average Bonchev–Trinajstić information content (AvgIpc) is 2.55. The maximum atomic E-state index is 13.8. The first-order valence-electron chi connectivity index (χ1n) is 6.88. The second kappa shape index (κ2) is 6.90. The highest BCUT2D eigenvalue weighted by Crippen LogP contribution is 2.32. The van der Waals surface area contributed by atoms with Gasteiger partial charge in [0.15, 0.2) is 11.6 Å². The number of hydrogen-bond donors (Lipinski definition) is 3. The zero-order valence-electron chi connectivity index (χ0n) is 12.2. The Morgan fingerprint density at radius 1 is 0.917 bits per heavy atom. The molecule has 3 rings (SSSR count). The lowest BCUT2D eigenvalue weighted by atomic mass is 10.3. The number of hydrogen-bond acceptors (Lipinski definition) is 5. The van der Waals surface area contributed by atoms with Crippen LogP contribution in [0.25, 0.3) is 0 Å². The van der Waals surface area contributed by atoms with Crippen LogP contribution in [-0.4, -0.2) is 9.97 Å². The number of rotatable bonds is 4. The van der Waals surface area contributed by atoms with Crippen LogP contribution in [0.5, 0.6) is 0 Å². The summed E-state index contributed by atoms with van der Waals surface area (Å²) in [5.41, 5.74) is 7.14. The van der Waals surface area contributed by atoms with E-state index in [-0.39, 0.29) is 17.2 Å². The first-order valence-corrected chi connectivity index (χ1v) is 7.64. The van der Waals surface area contributed by atoms with Crippen LogP contribution in [-0.2, 0) is 0 Å². The molecule has 24 heavy (non-hydrogen) atoms. The van der Waals surface area contributed by atoms with Crippen LogP contribution in [0.2, 0.25) is 10.0 Å². The van der Waals surface area contributed by atoms with Crippen molar-refractivity contribution in [3.05, 3.63) is 64.7 Å². The largest absolute Gasteiger partial charge is 0.393 e. The highest BCUT2D eigenvalue weighted by molar-refractivity contribution is 6.36. The zero-order chi connectivity index (χ0) is 17.1. The summed E-state index contributed by atoms with van der Waals surface area (Å²) in [6.07, 6.45) is 1.31. The molecule has 0 fully saturated rings. The fourth-order valence-corrected chi connectivity index (χ4v) is 2.46. The van der Waals surface area contributed by atoms with Gasteiger partial charge in [-0.15, -0.1) is 0 Å². The van der Waals surface area contributed by atoms with Gasteiger partial charge in [-0.3, -0.25) is 0 Å². The van der Waals surface area contributed by atoms with Gasteiger partial charge in [-0.2, -0.15) is 0 Å². The molecular formula is C16H12Cl2FN5. The van der Waals surface area contributed by atoms with Crippen LogP contribution in [0.1, 0.15) is 0 Å². The van der Waals surface area contributed by atoms with E-state index in [1.54, 1.807) is 36.4 Å². The second-order valence-corrected chi connectivity index (χ2v) is 5.68. The van der Waals surface area contributed by atoms with Crippen molar-refractivity contribution in [1.82, 2.24) is 9.97 Å². The summed E-state index contributed by atoms with van der Waals surface area (Å²) < 4.78 is 13.8. The molecule has 0 atom stereocenters. The van der Waals surface area contributed by atoms with Gasteiger partial charge in [0.05, 0.1) is 16.4 Å². The van der Waals surface area contributed by atoms with Gasteiger partial charge in [0.2, 0.25) is 0 Å². The minimum Gasteiger partial charge on any atom is -0.393 e. The molecule has 0 aliphatic carbocycles. The van der Waals surface area contributed by atoms with Gasteiger partial charge >= 0.3 is 0 Å². The lowest BCUT2D eigenvalue weighted by Gasteiger charge is -2.13. The van der Waals surface area contributed by atoms with Crippen LogP contribution in [0.15, 0.2) is 48.8 Å². The summed E-state index contributed by atoms with van der Waals surface area (Å²) in [6.45, 7) is 0. The van der Waals surface area contributed by atoms with Gasteiger partial charge in [0.1, 0.15) is 17.8 Å². The quantitative estimate of drug-likeness (QED) is 0.608. The lowest BCUT2D eigenvalue weighted by molar-refractivity contribution is 0.632. The zero-order valence-corrected chi connectivity index (χ0v) is 13.7. The van der Waals surface area contributed by atoms with Crippen LogP contribution < -0.4 is 16.4 Å². The van der Waals surface area contributed by atoms with E-state index in [0.717, 1.165) is 0 Å². The van der Waals surface area contributed by atoms with Gasteiger partial charge in [-0.1, -0.05) is 35.3 Å². The van der Waals surface area contributed by atoms with Crippen molar-refractivity contribution in [1.29, 1.82) is 0 Å². The van der Waals surface area contributed by atoms with E-state index in [2.05, 4.69) is 20.6 Å². The van der Waals surface area contributed by atoms with E-state index in [1.165, 1.54) is 12.4 Å². The number of nitrogen functional groups attached to an aromatic ring is 1. The van der Waals surface area contributed by atoms with Crippen molar-refractivity contribution in [2.45, 2.75) is 0 Å². The van der Waals surface area contributed by atoms with Crippen molar-refractivity contribution in [3.63, 3.8) is 0 Å². The third kappa shape index (κ3) is 3.50. The van der Waals surface area contributed by atoms with Gasteiger partial charge in [-0.05, 0) is 30.3 Å². The summed E-state index contributed by atoms with van der Waals surface area (Å²) in [6, 6.07) is 11.2. The average molecular weight is 364 g/mol. The molecule has 0 saturated heterocycles. The second-order valence-electron chi connectivity index (χ2n) is 4.84. The number of nitrogens with two attached hydrogens (primary N) is 1. The number of aromatic nitrogens is 2. The van der Waals surface area contributed by atoms with Crippen LogP contribution >= 0.6 is 23.2 Å². The van der Waals surface area contributed by atoms with Gasteiger partial charge in [0, 0.05) is 5.02 Å². The standard InChI is InChI=1S/C16H12Cl2FN5/c17-9-5-6-12(10(18)7-9)23-15-14(20)16(22-8-21-15)24-13-4-2-1-3-11(13)19/h1-8H,20H2,(H2,21,22,23,24). The predicted octanol–water partition coefficient (Wildman–Crippen LogP) is 4.99. The summed E-state index contributed by atoms with van der Waals surface area (Å²) in [5, 5.41) is 6.79. The smallest absolute Gasteiger partial charge is 0.159 e. The summed E-state index contributed by atoms with van der Waals surface area (Å²) >= 11 is 12.0. The third-order valence-electron chi connectivity index (χ3n) is 3.20. The molecule has 0 aliphatic rings. The summed E-state index contributed by atoms with van der Waals surface area (Å²) in [5.74, 6) is 0.210. The Labute approximate surface area is 147 Å². The van der Waals surface area contributed by atoms with E-state index < -0.39 is 5.82 Å². The maximum Gasteiger partial charge on any atom is 0.159 e. The Morgan fingerprint density at radius 3 is 2.25 bits per heavy atom. The van der Waals surface area contributed by atoms with Gasteiger partial charge in [0.25, 0.3) is 0 Å². The first kappa shape index (κ1) is 16.3. The number of para-hydroxylation sites is 1. The van der Waals surface area contributed by atoms with Crippen molar-refractivity contribution >= 4 is 51.9 Å².